The van der Waals surface area contributed by atoms with Crippen molar-refractivity contribution >= 4 is 18.3 Å². The Bertz CT molecular complexity index is 260. The molecule has 2 aliphatic carbocycles. The van der Waals surface area contributed by atoms with Crippen LogP contribution in [0.15, 0.2) is 0 Å². The van der Waals surface area contributed by atoms with Crippen molar-refractivity contribution in [1.29, 1.82) is 0 Å². The molecule has 2 saturated carbocycles. The Hall–Kier alpha value is -0.280. The van der Waals surface area contributed by atoms with E-state index in [4.69, 9.17) is 5.73 Å². The third-order valence-corrected chi connectivity index (χ3v) is 4.51. The minimum absolute atomic E-state index is 0. The van der Waals surface area contributed by atoms with Crippen LogP contribution in [0.2, 0.25) is 0 Å². The first-order valence-electron chi connectivity index (χ1n) is 6.63. The van der Waals surface area contributed by atoms with Gasteiger partial charge in [0, 0.05) is 20.1 Å². The number of nitrogens with zero attached hydrogens (tertiary/aromatic N) is 1. The molecular formula is C13H25ClN2O. The Balaban J connectivity index is 0.00000144. The molecule has 0 aromatic rings. The fourth-order valence-electron chi connectivity index (χ4n) is 3.11. The molecule has 2 aliphatic rings. The molecule has 1 amide bonds. The van der Waals surface area contributed by atoms with Crippen LogP contribution in [-0.2, 0) is 4.79 Å². The summed E-state index contributed by atoms with van der Waals surface area (Å²) in [5.41, 5.74) is 5.63. The predicted molar refractivity (Wildman–Crippen MR) is 72.2 cm³/mol. The van der Waals surface area contributed by atoms with Crippen LogP contribution in [0.3, 0.4) is 0 Å². The number of hydrogen-bond donors (Lipinski definition) is 1. The average Bonchev–Trinajstić information content (AvgIpc) is 2.71. The van der Waals surface area contributed by atoms with Crippen molar-refractivity contribution in [2.24, 2.45) is 17.1 Å². The largest absolute Gasteiger partial charge is 0.345 e. The zero-order valence-electron chi connectivity index (χ0n) is 10.8. The summed E-state index contributed by atoms with van der Waals surface area (Å²) >= 11 is 0. The molecule has 0 unspecified atom stereocenters. The summed E-state index contributed by atoms with van der Waals surface area (Å²) in [6, 6.07) is 0. The monoisotopic (exact) mass is 260 g/mol. The van der Waals surface area contributed by atoms with Gasteiger partial charge in [0.15, 0.2) is 0 Å². The van der Waals surface area contributed by atoms with Gasteiger partial charge in [0.1, 0.15) is 0 Å². The van der Waals surface area contributed by atoms with Crippen LogP contribution in [0.4, 0.5) is 0 Å². The first-order valence-corrected chi connectivity index (χ1v) is 6.63. The van der Waals surface area contributed by atoms with Gasteiger partial charge in [0.25, 0.3) is 0 Å². The van der Waals surface area contributed by atoms with E-state index in [1.807, 2.05) is 11.9 Å². The molecule has 0 spiro atoms. The molecule has 2 N–H and O–H groups in total. The number of nitrogens with two attached hydrogens (primary N) is 1. The number of carbonyl (C=O) groups is 1. The molecule has 0 aromatic carbocycles. The lowest BCUT2D eigenvalue weighted by molar-refractivity contribution is -0.141. The van der Waals surface area contributed by atoms with Crippen molar-refractivity contribution in [3.8, 4) is 0 Å². The van der Waals surface area contributed by atoms with Gasteiger partial charge in [-0.1, -0.05) is 19.3 Å². The van der Waals surface area contributed by atoms with Crippen LogP contribution in [0.25, 0.3) is 0 Å². The average molecular weight is 261 g/mol. The molecule has 0 aliphatic heterocycles. The molecule has 0 aromatic heterocycles. The molecule has 17 heavy (non-hydrogen) atoms. The maximum Gasteiger partial charge on any atom is 0.229 e. The summed E-state index contributed by atoms with van der Waals surface area (Å²) in [6.07, 6.45) is 8.27. The lowest BCUT2D eigenvalue weighted by atomic mass is 9.82. The van der Waals surface area contributed by atoms with Crippen molar-refractivity contribution < 1.29 is 4.79 Å². The van der Waals surface area contributed by atoms with E-state index in [0.29, 0.717) is 12.5 Å². The molecule has 3 nitrogen and oxygen atoms in total. The van der Waals surface area contributed by atoms with Crippen LogP contribution in [0, 0.1) is 11.3 Å². The Labute approximate surface area is 111 Å². The molecule has 2 rings (SSSR count). The molecule has 100 valence electrons. The SMILES string of the molecule is CN(CC1CCC1)C(=O)C1(CN)CCCC1.Cl. The standard InChI is InChI=1S/C13H24N2O.ClH/c1-15(9-11-5-4-6-11)12(16)13(10-14)7-2-3-8-13;/h11H,2-10,14H2,1H3;1H. The van der Waals surface area contributed by atoms with E-state index in [1.54, 1.807) is 0 Å². The zero-order chi connectivity index (χ0) is 11.6. The van der Waals surface area contributed by atoms with E-state index in [-0.39, 0.29) is 17.8 Å². The topological polar surface area (TPSA) is 46.3 Å². The minimum atomic E-state index is -0.210. The molecular weight excluding hydrogens is 236 g/mol. The van der Waals surface area contributed by atoms with E-state index < -0.39 is 0 Å². The van der Waals surface area contributed by atoms with Crippen molar-refractivity contribution in [2.75, 3.05) is 20.1 Å². The van der Waals surface area contributed by atoms with Crippen LogP contribution < -0.4 is 5.73 Å². The van der Waals surface area contributed by atoms with Crippen molar-refractivity contribution in [3.05, 3.63) is 0 Å². The fraction of sp³-hybridized carbons (Fsp3) is 0.923. The highest BCUT2D eigenvalue weighted by Crippen LogP contribution is 2.39. The van der Waals surface area contributed by atoms with Gasteiger partial charge in [-0.15, -0.1) is 12.4 Å². The minimum Gasteiger partial charge on any atom is -0.345 e. The number of rotatable bonds is 4. The van der Waals surface area contributed by atoms with Crippen molar-refractivity contribution in [2.45, 2.75) is 44.9 Å². The zero-order valence-corrected chi connectivity index (χ0v) is 11.6. The highest BCUT2D eigenvalue weighted by atomic mass is 35.5. The van der Waals surface area contributed by atoms with Gasteiger partial charge < -0.3 is 10.6 Å². The Kier molecular flexibility index (Phi) is 5.26. The van der Waals surface area contributed by atoms with Crippen LogP contribution in [0.1, 0.15) is 44.9 Å². The summed E-state index contributed by atoms with van der Waals surface area (Å²) in [7, 11) is 1.95. The van der Waals surface area contributed by atoms with E-state index in [2.05, 4.69) is 0 Å². The third-order valence-electron chi connectivity index (χ3n) is 4.51. The number of carbonyl (C=O) groups excluding carboxylic acids is 1. The Morgan fingerprint density at radius 3 is 2.29 bits per heavy atom. The van der Waals surface area contributed by atoms with Gasteiger partial charge in [0.2, 0.25) is 5.91 Å². The van der Waals surface area contributed by atoms with E-state index in [0.717, 1.165) is 25.3 Å². The first-order chi connectivity index (χ1) is 7.68. The molecule has 0 saturated heterocycles. The normalized spacial score (nSPS) is 22.7. The summed E-state index contributed by atoms with van der Waals surface area (Å²) in [6.45, 7) is 1.47. The summed E-state index contributed by atoms with van der Waals surface area (Å²) < 4.78 is 0. The second kappa shape index (κ2) is 6.05. The molecule has 0 radical (unpaired) electrons. The number of halogens is 1. The van der Waals surface area contributed by atoms with E-state index in [9.17, 15) is 4.79 Å². The summed E-state index contributed by atoms with van der Waals surface area (Å²) in [5, 5.41) is 0. The second-order valence-electron chi connectivity index (χ2n) is 5.67. The quantitative estimate of drug-likeness (QED) is 0.842. The molecule has 4 heteroatoms. The Morgan fingerprint density at radius 2 is 1.88 bits per heavy atom. The second-order valence-corrected chi connectivity index (χ2v) is 5.67. The summed E-state index contributed by atoms with van der Waals surface area (Å²) in [4.78, 5) is 14.4. The number of hydrogen-bond acceptors (Lipinski definition) is 2. The van der Waals surface area contributed by atoms with Gasteiger partial charge in [-0.2, -0.15) is 0 Å². The highest BCUT2D eigenvalue weighted by molar-refractivity contribution is 5.85. The smallest absolute Gasteiger partial charge is 0.229 e. The van der Waals surface area contributed by atoms with Crippen LogP contribution in [-0.4, -0.2) is 30.9 Å². The van der Waals surface area contributed by atoms with Gasteiger partial charge >= 0.3 is 0 Å². The van der Waals surface area contributed by atoms with E-state index >= 15 is 0 Å². The van der Waals surface area contributed by atoms with Gasteiger partial charge in [-0.25, -0.2) is 0 Å². The van der Waals surface area contributed by atoms with Crippen molar-refractivity contribution in [1.82, 2.24) is 4.90 Å². The molecule has 0 atom stereocenters. The fourth-order valence-corrected chi connectivity index (χ4v) is 3.11. The highest BCUT2D eigenvalue weighted by Gasteiger charge is 2.41. The van der Waals surface area contributed by atoms with Crippen LogP contribution >= 0.6 is 12.4 Å². The number of amides is 1. The summed E-state index contributed by atoms with van der Waals surface area (Å²) in [5.74, 6) is 1.06. The van der Waals surface area contributed by atoms with Crippen molar-refractivity contribution in [3.63, 3.8) is 0 Å². The predicted octanol–water partition coefficient (Wildman–Crippen LogP) is 2.19. The lowest BCUT2D eigenvalue weighted by Crippen LogP contribution is -2.47. The molecule has 0 heterocycles. The lowest BCUT2D eigenvalue weighted by Gasteiger charge is -2.35. The maximum atomic E-state index is 12.4. The van der Waals surface area contributed by atoms with Crippen LogP contribution in [0.5, 0.6) is 0 Å². The maximum absolute atomic E-state index is 12.4. The first kappa shape index (κ1) is 14.8. The molecule has 2 fully saturated rings. The third kappa shape index (κ3) is 2.94. The molecule has 0 bridgehead atoms. The Morgan fingerprint density at radius 1 is 1.29 bits per heavy atom. The van der Waals surface area contributed by atoms with Gasteiger partial charge in [-0.05, 0) is 31.6 Å². The van der Waals surface area contributed by atoms with Gasteiger partial charge in [0.05, 0.1) is 5.41 Å². The van der Waals surface area contributed by atoms with E-state index in [1.165, 1.54) is 32.1 Å². The van der Waals surface area contributed by atoms with Gasteiger partial charge in [-0.3, -0.25) is 4.79 Å².